The number of thiophene rings is 1. The first-order valence-electron chi connectivity index (χ1n) is 6.72. The maximum Gasteiger partial charge on any atom is 0.0274 e. The first-order valence-corrected chi connectivity index (χ1v) is 7.53. The molecule has 0 fully saturated rings. The van der Waals surface area contributed by atoms with Crippen LogP contribution in [0.25, 0.3) is 0 Å². The molecule has 0 aliphatic rings. The Bertz CT molecular complexity index is 347. The lowest BCUT2D eigenvalue weighted by atomic mass is 10.2. The largest absolute Gasteiger partial charge is 0.326 e. The second kappa shape index (κ2) is 7.89. The van der Waals surface area contributed by atoms with Crippen LogP contribution < -0.4 is 5.73 Å². The van der Waals surface area contributed by atoms with E-state index < -0.39 is 0 Å². The number of hydrogen-bond acceptors (Lipinski definition) is 4. The Morgan fingerprint density at radius 3 is 2.50 bits per heavy atom. The van der Waals surface area contributed by atoms with Gasteiger partial charge in [0.2, 0.25) is 0 Å². The Balaban J connectivity index is 2.48. The van der Waals surface area contributed by atoms with Crippen LogP contribution in [0.1, 0.15) is 28.7 Å². The maximum absolute atomic E-state index is 5.70. The summed E-state index contributed by atoms with van der Waals surface area (Å²) in [5, 5.41) is 0. The van der Waals surface area contributed by atoms with Crippen LogP contribution in [0, 0.1) is 6.92 Å². The zero-order valence-electron chi connectivity index (χ0n) is 12.2. The molecule has 0 amide bonds. The average molecular weight is 269 g/mol. The van der Waals surface area contributed by atoms with E-state index in [1.165, 1.54) is 28.3 Å². The van der Waals surface area contributed by atoms with Crippen molar-refractivity contribution >= 4 is 11.3 Å². The average Bonchev–Trinajstić information content (AvgIpc) is 2.68. The van der Waals surface area contributed by atoms with Crippen LogP contribution in [0.4, 0.5) is 0 Å². The van der Waals surface area contributed by atoms with Gasteiger partial charge in [-0.3, -0.25) is 4.90 Å². The van der Waals surface area contributed by atoms with Crippen LogP contribution in [0.5, 0.6) is 0 Å². The van der Waals surface area contributed by atoms with Crippen molar-refractivity contribution in [2.24, 2.45) is 5.73 Å². The van der Waals surface area contributed by atoms with Gasteiger partial charge in [-0.05, 0) is 58.7 Å². The maximum atomic E-state index is 5.70. The molecule has 2 N–H and O–H groups in total. The number of rotatable bonds is 8. The molecule has 3 nitrogen and oxygen atoms in total. The van der Waals surface area contributed by atoms with Gasteiger partial charge in [0.25, 0.3) is 0 Å². The summed E-state index contributed by atoms with van der Waals surface area (Å²) in [6.07, 6.45) is 1.23. The molecule has 1 heterocycles. The van der Waals surface area contributed by atoms with Crippen molar-refractivity contribution in [2.75, 3.05) is 33.7 Å². The summed E-state index contributed by atoms with van der Waals surface area (Å²) in [5.41, 5.74) is 7.15. The van der Waals surface area contributed by atoms with E-state index in [0.717, 1.165) is 19.6 Å². The minimum Gasteiger partial charge on any atom is -0.326 e. The van der Waals surface area contributed by atoms with Crippen LogP contribution in [0.3, 0.4) is 0 Å². The lowest BCUT2D eigenvalue weighted by Gasteiger charge is -2.21. The summed E-state index contributed by atoms with van der Waals surface area (Å²) in [4.78, 5) is 7.48. The standard InChI is InChI=1S/C14H27N3S/c1-5-17(8-6-7-16(3)4)11-13-9-14(10-15)18-12(13)2/h9H,5-8,10-11,15H2,1-4H3. The van der Waals surface area contributed by atoms with Gasteiger partial charge in [0.15, 0.2) is 0 Å². The summed E-state index contributed by atoms with van der Waals surface area (Å²) >= 11 is 1.84. The van der Waals surface area contributed by atoms with E-state index in [2.05, 4.69) is 43.8 Å². The van der Waals surface area contributed by atoms with E-state index in [0.29, 0.717) is 6.54 Å². The Hall–Kier alpha value is -0.420. The van der Waals surface area contributed by atoms with Crippen LogP contribution >= 0.6 is 11.3 Å². The Labute approximate surface area is 116 Å². The van der Waals surface area contributed by atoms with Gasteiger partial charge in [-0.2, -0.15) is 0 Å². The normalized spacial score (nSPS) is 11.7. The lowest BCUT2D eigenvalue weighted by Crippen LogP contribution is -2.27. The fourth-order valence-corrected chi connectivity index (χ4v) is 2.98. The predicted octanol–water partition coefficient (Wildman–Crippen LogP) is 2.29. The number of aryl methyl sites for hydroxylation is 1. The first kappa shape index (κ1) is 15.6. The molecule has 0 aliphatic heterocycles. The van der Waals surface area contributed by atoms with Gasteiger partial charge < -0.3 is 10.6 Å². The lowest BCUT2D eigenvalue weighted by molar-refractivity contribution is 0.259. The quantitative estimate of drug-likeness (QED) is 0.786. The monoisotopic (exact) mass is 269 g/mol. The van der Waals surface area contributed by atoms with E-state index in [4.69, 9.17) is 5.73 Å². The molecule has 0 saturated carbocycles. The minimum absolute atomic E-state index is 0.665. The van der Waals surface area contributed by atoms with Crippen LogP contribution in [0.15, 0.2) is 6.07 Å². The zero-order valence-corrected chi connectivity index (χ0v) is 13.0. The number of nitrogens with two attached hydrogens (primary N) is 1. The van der Waals surface area contributed by atoms with Crippen molar-refractivity contribution in [2.45, 2.75) is 33.4 Å². The third kappa shape index (κ3) is 5.06. The summed E-state index contributed by atoms with van der Waals surface area (Å²) < 4.78 is 0. The highest BCUT2D eigenvalue weighted by Gasteiger charge is 2.09. The van der Waals surface area contributed by atoms with Gasteiger partial charge >= 0.3 is 0 Å². The molecule has 0 spiro atoms. The van der Waals surface area contributed by atoms with E-state index in [1.807, 2.05) is 11.3 Å². The fraction of sp³-hybridized carbons (Fsp3) is 0.714. The van der Waals surface area contributed by atoms with Gasteiger partial charge in [0.05, 0.1) is 0 Å². The number of hydrogen-bond donors (Lipinski definition) is 1. The highest BCUT2D eigenvalue weighted by atomic mass is 32.1. The van der Waals surface area contributed by atoms with Crippen molar-refractivity contribution in [1.82, 2.24) is 9.80 Å². The van der Waals surface area contributed by atoms with Crippen molar-refractivity contribution in [3.8, 4) is 0 Å². The molecule has 0 aromatic carbocycles. The van der Waals surface area contributed by atoms with Crippen molar-refractivity contribution in [1.29, 1.82) is 0 Å². The zero-order chi connectivity index (χ0) is 13.5. The first-order chi connectivity index (χ1) is 8.56. The van der Waals surface area contributed by atoms with Crippen LogP contribution in [0.2, 0.25) is 0 Å². The molecular weight excluding hydrogens is 242 g/mol. The Morgan fingerprint density at radius 1 is 1.28 bits per heavy atom. The molecule has 0 saturated heterocycles. The molecule has 0 bridgehead atoms. The minimum atomic E-state index is 0.665. The van der Waals surface area contributed by atoms with Gasteiger partial charge in [-0.1, -0.05) is 6.92 Å². The molecule has 1 aromatic rings. The summed E-state index contributed by atoms with van der Waals surface area (Å²) in [6.45, 7) is 9.61. The smallest absolute Gasteiger partial charge is 0.0274 e. The molecule has 1 aromatic heterocycles. The highest BCUT2D eigenvalue weighted by molar-refractivity contribution is 7.12. The molecular formula is C14H27N3S. The van der Waals surface area contributed by atoms with E-state index in [1.54, 1.807) is 0 Å². The molecule has 0 atom stereocenters. The topological polar surface area (TPSA) is 32.5 Å². The molecule has 104 valence electrons. The van der Waals surface area contributed by atoms with Gasteiger partial charge in [0.1, 0.15) is 0 Å². The van der Waals surface area contributed by atoms with Gasteiger partial charge in [0, 0.05) is 22.8 Å². The van der Waals surface area contributed by atoms with E-state index >= 15 is 0 Å². The summed E-state index contributed by atoms with van der Waals surface area (Å²) in [5.74, 6) is 0. The molecule has 0 aliphatic carbocycles. The molecule has 0 unspecified atom stereocenters. The fourth-order valence-electron chi connectivity index (χ4n) is 2.05. The van der Waals surface area contributed by atoms with E-state index in [-0.39, 0.29) is 0 Å². The van der Waals surface area contributed by atoms with Crippen LogP contribution in [-0.4, -0.2) is 43.5 Å². The van der Waals surface area contributed by atoms with Crippen LogP contribution in [-0.2, 0) is 13.1 Å². The Kier molecular flexibility index (Phi) is 6.86. The van der Waals surface area contributed by atoms with Gasteiger partial charge in [-0.15, -0.1) is 11.3 Å². The molecule has 18 heavy (non-hydrogen) atoms. The van der Waals surface area contributed by atoms with Crippen molar-refractivity contribution in [3.63, 3.8) is 0 Å². The second-order valence-electron chi connectivity index (χ2n) is 5.02. The third-order valence-electron chi connectivity index (χ3n) is 3.19. The molecule has 0 radical (unpaired) electrons. The number of nitrogens with zero attached hydrogens (tertiary/aromatic N) is 2. The SMILES string of the molecule is CCN(CCCN(C)C)Cc1cc(CN)sc1C. The van der Waals surface area contributed by atoms with Gasteiger partial charge in [-0.25, -0.2) is 0 Å². The van der Waals surface area contributed by atoms with Crippen molar-refractivity contribution in [3.05, 3.63) is 21.4 Å². The van der Waals surface area contributed by atoms with E-state index in [9.17, 15) is 0 Å². The predicted molar refractivity (Wildman–Crippen MR) is 81.1 cm³/mol. The Morgan fingerprint density at radius 2 is 2.00 bits per heavy atom. The third-order valence-corrected chi connectivity index (χ3v) is 4.31. The highest BCUT2D eigenvalue weighted by Crippen LogP contribution is 2.22. The second-order valence-corrected chi connectivity index (χ2v) is 6.36. The molecule has 1 rings (SSSR count). The summed E-state index contributed by atoms with van der Waals surface area (Å²) in [7, 11) is 4.26. The van der Waals surface area contributed by atoms with Crippen molar-refractivity contribution < 1.29 is 0 Å². The molecule has 4 heteroatoms. The summed E-state index contributed by atoms with van der Waals surface area (Å²) in [6, 6.07) is 2.27.